The minimum Gasteiger partial charge on any atom is -0.487 e. The third-order valence-corrected chi connectivity index (χ3v) is 6.19. The van der Waals surface area contributed by atoms with Gasteiger partial charge >= 0.3 is 5.97 Å². The molecule has 3 aromatic carbocycles. The second-order valence-corrected chi connectivity index (χ2v) is 9.21. The van der Waals surface area contributed by atoms with Crippen molar-refractivity contribution in [3.05, 3.63) is 95.9 Å². The number of anilines is 1. The van der Waals surface area contributed by atoms with Gasteiger partial charge in [-0.15, -0.1) is 0 Å². The summed E-state index contributed by atoms with van der Waals surface area (Å²) in [5, 5.41) is 12.1. The lowest BCUT2D eigenvalue weighted by molar-refractivity contribution is -0.112. The van der Waals surface area contributed by atoms with Gasteiger partial charge in [0.1, 0.15) is 29.8 Å². The van der Waals surface area contributed by atoms with E-state index in [0.29, 0.717) is 28.1 Å². The molecule has 0 aliphatic rings. The molecule has 0 unspecified atom stereocenters. The van der Waals surface area contributed by atoms with Crippen LogP contribution in [-0.4, -0.2) is 19.0 Å². The van der Waals surface area contributed by atoms with Crippen LogP contribution in [0.15, 0.2) is 66.2 Å². The molecule has 0 saturated heterocycles. The Kier molecular flexibility index (Phi) is 9.00. The van der Waals surface area contributed by atoms with Gasteiger partial charge in [0.25, 0.3) is 5.91 Å². The van der Waals surface area contributed by atoms with Crippen LogP contribution in [0.5, 0.6) is 5.75 Å². The zero-order valence-corrected chi connectivity index (χ0v) is 22.1. The van der Waals surface area contributed by atoms with Gasteiger partial charge in [0.05, 0.1) is 19.8 Å². The van der Waals surface area contributed by atoms with Crippen LogP contribution in [0.25, 0.3) is 6.08 Å². The Morgan fingerprint density at radius 3 is 2.32 bits per heavy atom. The van der Waals surface area contributed by atoms with E-state index in [-0.39, 0.29) is 18.0 Å². The summed E-state index contributed by atoms with van der Waals surface area (Å²) in [6.45, 7) is 0.0779. The van der Waals surface area contributed by atoms with Crippen LogP contribution in [0.1, 0.15) is 21.5 Å². The fourth-order valence-electron chi connectivity index (χ4n) is 2.89. The number of nitriles is 1. The first kappa shape index (κ1) is 25.6. The molecule has 0 atom stereocenters. The van der Waals surface area contributed by atoms with Crippen LogP contribution in [0.3, 0.4) is 0 Å². The quantitative estimate of drug-likeness (QED) is 0.144. The third-order valence-electron chi connectivity index (χ3n) is 4.59. The number of amides is 1. The van der Waals surface area contributed by atoms with Crippen molar-refractivity contribution in [2.24, 2.45) is 0 Å². The lowest BCUT2D eigenvalue weighted by Crippen LogP contribution is -2.13. The molecule has 0 aromatic heterocycles. The molecule has 6 nitrogen and oxygen atoms in total. The molecule has 0 spiro atoms. The first-order valence-electron chi connectivity index (χ1n) is 9.79. The molecule has 1 amide bonds. The van der Waals surface area contributed by atoms with E-state index in [1.807, 2.05) is 6.07 Å². The van der Waals surface area contributed by atoms with Crippen LogP contribution in [-0.2, 0) is 16.1 Å². The van der Waals surface area contributed by atoms with Crippen LogP contribution < -0.4 is 10.1 Å². The summed E-state index contributed by atoms with van der Waals surface area (Å²) >= 11 is 4.19. The van der Waals surface area contributed by atoms with Crippen molar-refractivity contribution in [3.8, 4) is 11.8 Å². The summed E-state index contributed by atoms with van der Waals surface area (Å²) in [5.41, 5.74) is 1.77. The van der Waals surface area contributed by atoms with E-state index in [2.05, 4.69) is 55.2 Å². The minimum absolute atomic E-state index is 0.0779. The Morgan fingerprint density at radius 1 is 1.09 bits per heavy atom. The standard InChI is InChI=1S/C25H17FI2N2O4/c1-33-25(32)16-6-8-19(9-7-16)30-24(31)18(13-29)10-15-11-21(27)23(22(28)12-15)34-14-17-4-2-3-5-20(17)26/h2-12H,14H2,1H3,(H,30,31)/b18-10+. The van der Waals surface area contributed by atoms with Gasteiger partial charge in [0, 0.05) is 11.3 Å². The number of carbonyl (C=O) groups excluding carboxylic acids is 2. The van der Waals surface area contributed by atoms with Crippen LogP contribution >= 0.6 is 45.2 Å². The Morgan fingerprint density at radius 2 is 1.74 bits per heavy atom. The maximum atomic E-state index is 13.9. The fraction of sp³-hybridized carbons (Fsp3) is 0.0800. The highest BCUT2D eigenvalue weighted by Crippen LogP contribution is 2.31. The molecule has 1 N–H and O–H groups in total. The van der Waals surface area contributed by atoms with Crippen molar-refractivity contribution in [2.45, 2.75) is 6.61 Å². The van der Waals surface area contributed by atoms with Crippen LogP contribution in [0.2, 0.25) is 0 Å². The lowest BCUT2D eigenvalue weighted by Gasteiger charge is -2.12. The number of nitrogens with one attached hydrogen (secondary N) is 1. The number of methoxy groups -OCH3 is 1. The van der Waals surface area contributed by atoms with Crippen molar-refractivity contribution in [3.63, 3.8) is 0 Å². The largest absolute Gasteiger partial charge is 0.487 e. The van der Waals surface area contributed by atoms with Crippen LogP contribution in [0, 0.1) is 24.3 Å². The molecular weight excluding hydrogens is 665 g/mol. The van der Waals surface area contributed by atoms with Crippen molar-refractivity contribution in [1.29, 1.82) is 5.26 Å². The second-order valence-electron chi connectivity index (χ2n) is 6.89. The highest BCUT2D eigenvalue weighted by atomic mass is 127. The summed E-state index contributed by atoms with van der Waals surface area (Å²) < 4.78 is 25.8. The third kappa shape index (κ3) is 6.54. The van der Waals surface area contributed by atoms with Gasteiger partial charge in [-0.25, -0.2) is 9.18 Å². The average Bonchev–Trinajstić information content (AvgIpc) is 2.83. The highest BCUT2D eigenvalue weighted by Gasteiger charge is 2.14. The Labute approximate surface area is 223 Å². The number of ether oxygens (including phenoxy) is 2. The van der Waals surface area contributed by atoms with E-state index in [4.69, 9.17) is 4.74 Å². The fourth-order valence-corrected chi connectivity index (χ4v) is 5.01. The molecule has 0 aliphatic carbocycles. The number of nitrogens with zero attached hydrogens (tertiary/aromatic N) is 1. The van der Waals surface area contributed by atoms with E-state index < -0.39 is 11.9 Å². The first-order chi connectivity index (χ1) is 16.3. The van der Waals surface area contributed by atoms with Gasteiger partial charge in [-0.3, -0.25) is 4.79 Å². The normalized spacial score (nSPS) is 10.9. The molecule has 3 rings (SSSR count). The van der Waals surface area contributed by atoms with Gasteiger partial charge in [0.2, 0.25) is 0 Å². The van der Waals surface area contributed by atoms with Crippen molar-refractivity contribution >= 4 is 68.8 Å². The van der Waals surface area contributed by atoms with Crippen molar-refractivity contribution in [1.82, 2.24) is 0 Å². The van der Waals surface area contributed by atoms with E-state index >= 15 is 0 Å². The molecular formula is C25H17FI2N2O4. The number of hydrogen-bond donors (Lipinski definition) is 1. The van der Waals surface area contributed by atoms with Gasteiger partial charge in [-0.1, -0.05) is 18.2 Å². The molecule has 0 saturated carbocycles. The molecule has 3 aromatic rings. The average molecular weight is 682 g/mol. The predicted octanol–water partition coefficient (Wildman–Crippen LogP) is 5.95. The van der Waals surface area contributed by atoms with Crippen LogP contribution in [0.4, 0.5) is 10.1 Å². The Bertz CT molecular complexity index is 1280. The monoisotopic (exact) mass is 682 g/mol. The highest BCUT2D eigenvalue weighted by molar-refractivity contribution is 14.1. The predicted molar refractivity (Wildman–Crippen MR) is 143 cm³/mol. The molecule has 9 heteroatoms. The van der Waals surface area contributed by atoms with Crippen molar-refractivity contribution in [2.75, 3.05) is 12.4 Å². The first-order valence-corrected chi connectivity index (χ1v) is 11.9. The Hall–Kier alpha value is -2.98. The molecule has 172 valence electrons. The number of rotatable bonds is 7. The number of halogens is 3. The number of carbonyl (C=O) groups is 2. The molecule has 0 fully saturated rings. The van der Waals surface area contributed by atoms with Gasteiger partial charge in [-0.2, -0.15) is 5.26 Å². The van der Waals surface area contributed by atoms with E-state index in [9.17, 15) is 19.2 Å². The SMILES string of the molecule is COC(=O)c1ccc(NC(=O)/C(C#N)=C/c2cc(I)c(OCc3ccccc3F)c(I)c2)cc1. The topological polar surface area (TPSA) is 88.4 Å². The summed E-state index contributed by atoms with van der Waals surface area (Å²) in [6, 6.07) is 18.0. The maximum absolute atomic E-state index is 13.9. The number of hydrogen-bond acceptors (Lipinski definition) is 5. The molecule has 0 heterocycles. The van der Waals surface area contributed by atoms with Crippen molar-refractivity contribution < 1.29 is 23.5 Å². The van der Waals surface area contributed by atoms with Gasteiger partial charge in [-0.05, 0) is 99.3 Å². The minimum atomic E-state index is -0.585. The van der Waals surface area contributed by atoms with Gasteiger partial charge in [0.15, 0.2) is 0 Å². The zero-order chi connectivity index (χ0) is 24.7. The second kappa shape index (κ2) is 11.9. The molecule has 0 radical (unpaired) electrons. The van der Waals surface area contributed by atoms with Gasteiger partial charge < -0.3 is 14.8 Å². The lowest BCUT2D eigenvalue weighted by atomic mass is 10.1. The summed E-state index contributed by atoms with van der Waals surface area (Å²) in [4.78, 5) is 24.1. The number of esters is 1. The van der Waals surface area contributed by atoms with E-state index in [1.54, 1.807) is 42.5 Å². The molecule has 0 bridgehead atoms. The Balaban J connectivity index is 1.75. The summed E-state index contributed by atoms with van der Waals surface area (Å²) in [7, 11) is 1.28. The van der Waals surface area contributed by atoms with E-state index in [1.165, 1.54) is 31.4 Å². The molecule has 0 aliphatic heterocycles. The maximum Gasteiger partial charge on any atom is 0.337 e. The van der Waals surface area contributed by atoms with E-state index in [0.717, 1.165) is 7.14 Å². The zero-order valence-electron chi connectivity index (χ0n) is 17.8. The summed E-state index contributed by atoms with van der Waals surface area (Å²) in [6.07, 6.45) is 1.48. The summed E-state index contributed by atoms with van der Waals surface area (Å²) in [5.74, 6) is -0.814. The smallest absolute Gasteiger partial charge is 0.337 e. The number of benzene rings is 3. The molecule has 34 heavy (non-hydrogen) atoms.